The monoisotopic (exact) mass is 681 g/mol. The van der Waals surface area contributed by atoms with E-state index in [1.807, 2.05) is 24.3 Å². The maximum absolute atomic E-state index is 13.7. The van der Waals surface area contributed by atoms with E-state index in [2.05, 4.69) is 32.4 Å². The summed E-state index contributed by atoms with van der Waals surface area (Å²) in [5.74, 6) is -2.36. The zero-order valence-electron chi connectivity index (χ0n) is 25.6. The minimum absolute atomic E-state index is 0.0406. The van der Waals surface area contributed by atoms with E-state index in [4.69, 9.17) is 4.74 Å². The number of carbonyl (C=O) groups excluding carboxylic acids is 3. The van der Waals surface area contributed by atoms with Crippen molar-refractivity contribution in [2.24, 2.45) is 0 Å². The van der Waals surface area contributed by atoms with E-state index in [9.17, 15) is 36.0 Å². The van der Waals surface area contributed by atoms with Gasteiger partial charge in [0.1, 0.15) is 24.8 Å². The maximum atomic E-state index is 13.7. The van der Waals surface area contributed by atoms with Crippen molar-refractivity contribution in [2.45, 2.75) is 63.5 Å². The predicted octanol–water partition coefficient (Wildman–Crippen LogP) is 1.85. The third-order valence-electron chi connectivity index (χ3n) is 7.06. The lowest BCUT2D eigenvalue weighted by Crippen LogP contribution is -2.61. The van der Waals surface area contributed by atoms with Crippen molar-refractivity contribution in [3.05, 3.63) is 65.5 Å². The summed E-state index contributed by atoms with van der Waals surface area (Å²) in [4.78, 5) is 40.4. The summed E-state index contributed by atoms with van der Waals surface area (Å²) in [6, 6.07) is 9.81. The van der Waals surface area contributed by atoms with Crippen molar-refractivity contribution in [1.29, 1.82) is 0 Å². The molecule has 1 fully saturated rings. The maximum Gasteiger partial charge on any atom is 0.573 e. The van der Waals surface area contributed by atoms with Crippen LogP contribution in [0.1, 0.15) is 37.2 Å². The number of tetrazole rings is 1. The fraction of sp³-hybridized carbons (Fsp3) is 0.448. The van der Waals surface area contributed by atoms with Gasteiger partial charge in [-0.2, -0.15) is 9.10 Å². The first-order chi connectivity index (χ1) is 22.3. The number of rotatable bonds is 13. The molecule has 3 aromatic rings. The quantitative estimate of drug-likeness (QED) is 0.263. The van der Waals surface area contributed by atoms with E-state index in [1.165, 1.54) is 4.90 Å². The van der Waals surface area contributed by atoms with Gasteiger partial charge in [-0.25, -0.2) is 8.42 Å². The van der Waals surface area contributed by atoms with E-state index in [-0.39, 0.29) is 49.9 Å². The lowest BCUT2D eigenvalue weighted by atomic mass is 10.1. The lowest BCUT2D eigenvalue weighted by Gasteiger charge is -2.39. The Morgan fingerprint density at radius 1 is 1.00 bits per heavy atom. The van der Waals surface area contributed by atoms with Crippen molar-refractivity contribution in [1.82, 2.24) is 34.7 Å². The number of hydrogen-bond acceptors (Lipinski definition) is 10. The van der Waals surface area contributed by atoms with Gasteiger partial charge in [0.15, 0.2) is 5.82 Å². The van der Waals surface area contributed by atoms with Gasteiger partial charge in [-0.15, -0.1) is 23.4 Å². The van der Waals surface area contributed by atoms with Gasteiger partial charge in [0.05, 0.1) is 11.5 Å². The average Bonchev–Trinajstić information content (AvgIpc) is 3.46. The van der Waals surface area contributed by atoms with Gasteiger partial charge in [-0.3, -0.25) is 14.4 Å². The number of sulfonamides is 1. The Kier molecular flexibility index (Phi) is 11.5. The Morgan fingerprint density at radius 3 is 2.32 bits per heavy atom. The second-order valence-electron chi connectivity index (χ2n) is 10.5. The Hall–Kier alpha value is -4.58. The third-order valence-corrected chi connectivity index (χ3v) is 8.98. The second kappa shape index (κ2) is 15.3. The summed E-state index contributed by atoms with van der Waals surface area (Å²) in [6.45, 7) is 2.82. The number of aryl methyl sites for hydroxylation is 1. The van der Waals surface area contributed by atoms with Crippen LogP contribution in [0.4, 0.5) is 13.2 Å². The zero-order chi connectivity index (χ0) is 34.2. The van der Waals surface area contributed by atoms with Crippen LogP contribution in [-0.2, 0) is 55.1 Å². The molecule has 0 aliphatic carbocycles. The molecule has 0 spiro atoms. The highest BCUT2D eigenvalue weighted by Gasteiger charge is 2.41. The smallest absolute Gasteiger partial charge is 0.466 e. The van der Waals surface area contributed by atoms with Crippen LogP contribution in [0.2, 0.25) is 0 Å². The zero-order valence-corrected chi connectivity index (χ0v) is 26.5. The minimum Gasteiger partial charge on any atom is -0.466 e. The molecule has 254 valence electrons. The summed E-state index contributed by atoms with van der Waals surface area (Å²) in [7, 11) is -4.42. The van der Waals surface area contributed by atoms with Gasteiger partial charge in [-0.05, 0) is 54.0 Å². The summed E-state index contributed by atoms with van der Waals surface area (Å²) in [5.41, 5.74) is 1.90. The second-order valence-corrected chi connectivity index (χ2v) is 12.4. The topological polar surface area (TPSA) is 166 Å². The number of nitrogens with one attached hydrogen (secondary N) is 1. The molecule has 1 atom stereocenters. The van der Waals surface area contributed by atoms with Crippen LogP contribution in [-0.4, -0.2) is 94.3 Å². The molecular formula is C29H34F3N7O7S. The number of alkyl halides is 3. The first-order valence-corrected chi connectivity index (χ1v) is 16.2. The number of carbonyl (C=O) groups is 3. The molecule has 2 aromatic carbocycles. The molecule has 1 aliphatic heterocycles. The molecule has 0 bridgehead atoms. The number of aromatic nitrogens is 4. The number of piperazine rings is 1. The van der Waals surface area contributed by atoms with Gasteiger partial charge >= 0.3 is 12.3 Å². The van der Waals surface area contributed by atoms with Crippen LogP contribution in [0.5, 0.6) is 5.75 Å². The average molecular weight is 682 g/mol. The molecule has 2 amide bonds. The normalized spacial score (nSPS) is 15.7. The molecule has 47 heavy (non-hydrogen) atoms. The van der Waals surface area contributed by atoms with Gasteiger partial charge in [0.2, 0.25) is 21.8 Å². The molecular weight excluding hydrogens is 647 g/mol. The number of benzene rings is 2. The van der Waals surface area contributed by atoms with Crippen molar-refractivity contribution >= 4 is 27.8 Å². The fourth-order valence-electron chi connectivity index (χ4n) is 4.84. The first-order valence-electron chi connectivity index (χ1n) is 14.7. The fourth-order valence-corrected chi connectivity index (χ4v) is 6.41. The highest BCUT2D eigenvalue weighted by molar-refractivity contribution is 7.89. The molecule has 4 rings (SSSR count). The first kappa shape index (κ1) is 35.3. The van der Waals surface area contributed by atoms with E-state index < -0.39 is 52.5 Å². The largest absolute Gasteiger partial charge is 0.573 e. The van der Waals surface area contributed by atoms with Crippen molar-refractivity contribution < 1.29 is 45.4 Å². The highest BCUT2D eigenvalue weighted by atomic mass is 32.2. The van der Waals surface area contributed by atoms with Crippen LogP contribution in [0.3, 0.4) is 0 Å². The number of hydrogen-bond donors (Lipinski definition) is 1. The number of halogens is 3. The minimum atomic E-state index is -4.97. The van der Waals surface area contributed by atoms with Crippen molar-refractivity contribution in [3.63, 3.8) is 0 Å². The van der Waals surface area contributed by atoms with Gasteiger partial charge < -0.3 is 19.7 Å². The van der Waals surface area contributed by atoms with Gasteiger partial charge in [0.25, 0.3) is 0 Å². The number of ether oxygens (including phenoxy) is 2. The summed E-state index contributed by atoms with van der Waals surface area (Å²) >= 11 is 0. The van der Waals surface area contributed by atoms with Gasteiger partial charge in [0, 0.05) is 26.2 Å². The molecule has 2 heterocycles. The highest BCUT2D eigenvalue weighted by Crippen LogP contribution is 2.27. The van der Waals surface area contributed by atoms with E-state index in [1.54, 1.807) is 6.92 Å². The Bertz CT molecular complexity index is 1650. The van der Waals surface area contributed by atoms with Crippen LogP contribution in [0.25, 0.3) is 0 Å². The van der Waals surface area contributed by atoms with E-state index in [0.717, 1.165) is 57.3 Å². The predicted molar refractivity (Wildman–Crippen MR) is 158 cm³/mol. The molecule has 18 heteroatoms. The van der Waals surface area contributed by atoms with Crippen LogP contribution in [0, 0.1) is 0 Å². The molecule has 0 unspecified atom stereocenters. The number of amides is 2. The SMILES string of the molecule is CCCc1ccc(CNC(=O)[C@H]2CN(C(=O)Cn3nnc(CC(=O)OCC)n3)CCN2S(=O)(=O)c2ccc(OC(F)(F)F)cc2)cc1. The number of nitrogens with zero attached hydrogens (tertiary/aromatic N) is 6. The molecule has 14 nitrogen and oxygen atoms in total. The molecule has 1 aliphatic rings. The summed E-state index contributed by atoms with van der Waals surface area (Å²) < 4.78 is 74.8. The molecule has 0 saturated carbocycles. The Labute approximate surface area is 268 Å². The van der Waals surface area contributed by atoms with Crippen molar-refractivity contribution in [2.75, 3.05) is 26.2 Å². The molecule has 1 N–H and O–H groups in total. The Balaban J connectivity index is 1.51. The van der Waals surface area contributed by atoms with Crippen LogP contribution < -0.4 is 10.1 Å². The summed E-state index contributed by atoms with van der Waals surface area (Å²) in [5, 5.41) is 14.3. The molecule has 1 aromatic heterocycles. The van der Waals surface area contributed by atoms with E-state index in [0.29, 0.717) is 0 Å². The Morgan fingerprint density at radius 2 is 1.68 bits per heavy atom. The third kappa shape index (κ3) is 9.71. The summed E-state index contributed by atoms with van der Waals surface area (Å²) in [6.07, 6.45) is -3.35. The molecule has 1 saturated heterocycles. The number of esters is 1. The van der Waals surface area contributed by atoms with E-state index >= 15 is 0 Å². The van der Waals surface area contributed by atoms with Crippen LogP contribution in [0.15, 0.2) is 53.4 Å². The molecule has 0 radical (unpaired) electrons. The standard InChI is InChI=1S/C29H34F3N7O7S/c1-3-5-20-6-8-21(9-7-20)17-33-28(42)24-18-37(26(40)19-39-35-25(34-36-39)16-27(41)45-4-2)14-15-38(24)47(43,44)23-12-10-22(11-13-23)46-29(30,31)32/h6-13,24H,3-5,14-19H2,1-2H3,(H,33,42)/t24-/m1/s1. The van der Waals surface area contributed by atoms with Crippen LogP contribution >= 0.6 is 0 Å². The lowest BCUT2D eigenvalue weighted by molar-refractivity contribution is -0.274. The van der Waals surface area contributed by atoms with Crippen molar-refractivity contribution in [3.8, 4) is 5.75 Å². The van der Waals surface area contributed by atoms with Gasteiger partial charge in [-0.1, -0.05) is 37.6 Å².